The minimum absolute atomic E-state index is 0.170. The molecule has 2 rings (SSSR count). The van der Waals surface area contributed by atoms with Crippen LogP contribution in [0.25, 0.3) is 10.2 Å². The van der Waals surface area contributed by atoms with E-state index < -0.39 is 6.36 Å². The van der Waals surface area contributed by atoms with Crippen LogP contribution in [0.5, 0.6) is 5.75 Å². The monoisotopic (exact) mass is 310 g/mol. The Morgan fingerprint density at radius 3 is 2.67 bits per heavy atom. The number of benzene rings is 1. The summed E-state index contributed by atoms with van der Waals surface area (Å²) in [6.07, 6.45) is 5.73. The highest BCUT2D eigenvalue weighted by Crippen LogP contribution is 2.27. The van der Waals surface area contributed by atoms with E-state index in [0.717, 1.165) is 0 Å². The van der Waals surface area contributed by atoms with Gasteiger partial charge in [0.15, 0.2) is 4.80 Å². The molecule has 1 aromatic carbocycles. The summed E-state index contributed by atoms with van der Waals surface area (Å²) in [6, 6.07) is 4.05. The number of thiazole rings is 1. The number of nitrogens with zero attached hydrogens (tertiary/aromatic N) is 2. The van der Waals surface area contributed by atoms with Gasteiger partial charge in [0, 0.05) is 0 Å². The number of alkyl halides is 3. The van der Waals surface area contributed by atoms with Crippen molar-refractivity contribution in [1.29, 1.82) is 0 Å². The van der Waals surface area contributed by atoms with Crippen LogP contribution in [-0.4, -0.2) is 17.5 Å². The van der Waals surface area contributed by atoms with Gasteiger partial charge >= 0.3 is 6.36 Å². The summed E-state index contributed by atoms with van der Waals surface area (Å²) < 4.78 is 42.9. The molecule has 1 heterocycles. The Morgan fingerprint density at radius 1 is 1.29 bits per heavy atom. The molecule has 3 nitrogen and oxygen atoms in total. The fourth-order valence-electron chi connectivity index (χ4n) is 1.73. The number of rotatable bonds is 3. The molecular weight excluding hydrogens is 301 g/mol. The summed E-state index contributed by atoms with van der Waals surface area (Å²) in [5.74, 6) is 4.57. The van der Waals surface area contributed by atoms with E-state index in [9.17, 15) is 13.2 Å². The van der Waals surface area contributed by atoms with Crippen LogP contribution in [0.3, 0.4) is 0 Å². The third kappa shape index (κ3) is 3.59. The molecule has 0 saturated heterocycles. The first-order valence-electron chi connectivity index (χ1n) is 5.71. The van der Waals surface area contributed by atoms with E-state index in [2.05, 4.69) is 21.6 Å². The zero-order valence-corrected chi connectivity index (χ0v) is 11.5. The third-order valence-electron chi connectivity index (χ3n) is 2.44. The van der Waals surface area contributed by atoms with Crippen LogP contribution < -0.4 is 9.54 Å². The molecule has 21 heavy (non-hydrogen) atoms. The van der Waals surface area contributed by atoms with Crippen LogP contribution in [0.1, 0.15) is 0 Å². The van der Waals surface area contributed by atoms with E-state index >= 15 is 0 Å². The first kappa shape index (κ1) is 15.0. The summed E-state index contributed by atoms with van der Waals surface area (Å²) in [5.41, 5.74) is 0.684. The molecule has 0 spiro atoms. The average molecular weight is 310 g/mol. The fraction of sp³-hybridized carbons (Fsp3) is 0.214. The molecule has 108 valence electrons. The number of hydrogen-bond donors (Lipinski definition) is 0. The Morgan fingerprint density at radius 2 is 2.05 bits per heavy atom. The molecule has 0 aliphatic carbocycles. The Labute approximate surface area is 122 Å². The van der Waals surface area contributed by atoms with Crippen molar-refractivity contribution >= 4 is 21.6 Å². The van der Waals surface area contributed by atoms with Crippen LogP contribution in [-0.2, 0) is 6.54 Å². The Balaban J connectivity index is 2.55. The molecule has 0 bridgehead atoms. The van der Waals surface area contributed by atoms with Crippen molar-refractivity contribution in [3.8, 4) is 30.4 Å². The number of fused-ring (bicyclic) bond motifs is 1. The third-order valence-corrected chi connectivity index (χ3v) is 3.52. The van der Waals surface area contributed by atoms with Crippen molar-refractivity contribution in [2.75, 3.05) is 6.54 Å². The largest absolute Gasteiger partial charge is 0.573 e. The van der Waals surface area contributed by atoms with E-state index in [-0.39, 0.29) is 18.8 Å². The highest BCUT2D eigenvalue weighted by Gasteiger charge is 2.31. The molecule has 1 aromatic heterocycles. The molecule has 0 saturated carbocycles. The average Bonchev–Trinajstić information content (AvgIpc) is 2.72. The highest BCUT2D eigenvalue weighted by atomic mass is 32.1. The fourth-order valence-corrected chi connectivity index (χ4v) is 2.78. The second-order valence-electron chi connectivity index (χ2n) is 3.87. The van der Waals surface area contributed by atoms with Crippen LogP contribution >= 0.6 is 11.3 Å². The lowest BCUT2D eigenvalue weighted by molar-refractivity contribution is -0.274. The number of aromatic nitrogens is 1. The van der Waals surface area contributed by atoms with Gasteiger partial charge in [-0.2, -0.15) is 0 Å². The zero-order valence-electron chi connectivity index (χ0n) is 10.6. The molecule has 0 atom stereocenters. The molecule has 2 aromatic rings. The number of terminal acetylenes is 2. The minimum Gasteiger partial charge on any atom is -0.406 e. The molecule has 0 unspecified atom stereocenters. The quantitative estimate of drug-likeness (QED) is 0.801. The lowest BCUT2D eigenvalue weighted by Crippen LogP contribution is -2.17. The van der Waals surface area contributed by atoms with Gasteiger partial charge in [-0.25, -0.2) is 4.99 Å². The van der Waals surface area contributed by atoms with E-state index in [1.165, 1.54) is 29.5 Å². The summed E-state index contributed by atoms with van der Waals surface area (Å²) in [7, 11) is 0. The lowest BCUT2D eigenvalue weighted by Gasteiger charge is -2.08. The molecule has 0 amide bonds. The number of hydrogen-bond acceptors (Lipinski definition) is 3. The van der Waals surface area contributed by atoms with Gasteiger partial charge in [0.05, 0.1) is 16.8 Å². The highest BCUT2D eigenvalue weighted by molar-refractivity contribution is 7.16. The Hall–Kier alpha value is -2.38. The Kier molecular flexibility index (Phi) is 4.25. The van der Waals surface area contributed by atoms with Crippen molar-refractivity contribution in [1.82, 2.24) is 4.57 Å². The first-order chi connectivity index (χ1) is 9.94. The van der Waals surface area contributed by atoms with Gasteiger partial charge in [-0.3, -0.25) is 0 Å². The molecule has 0 aliphatic heterocycles. The molecule has 0 N–H and O–H groups in total. The minimum atomic E-state index is -4.73. The maximum atomic E-state index is 12.2. The van der Waals surface area contributed by atoms with Crippen LogP contribution in [0.15, 0.2) is 23.2 Å². The maximum absolute atomic E-state index is 12.2. The van der Waals surface area contributed by atoms with Crippen molar-refractivity contribution in [3.05, 3.63) is 23.0 Å². The van der Waals surface area contributed by atoms with Crippen LogP contribution in [0.4, 0.5) is 13.2 Å². The topological polar surface area (TPSA) is 26.5 Å². The van der Waals surface area contributed by atoms with Crippen LogP contribution in [0.2, 0.25) is 0 Å². The first-order valence-corrected chi connectivity index (χ1v) is 6.53. The number of halogens is 3. The molecule has 0 aliphatic rings. The summed E-state index contributed by atoms with van der Waals surface area (Å²) in [5, 5.41) is 0. The van der Waals surface area contributed by atoms with E-state index in [1.54, 1.807) is 4.57 Å². The molecule has 0 radical (unpaired) electrons. The van der Waals surface area contributed by atoms with Gasteiger partial charge in [0.1, 0.15) is 12.3 Å². The molecule has 7 heteroatoms. The van der Waals surface area contributed by atoms with Crippen molar-refractivity contribution < 1.29 is 17.9 Å². The zero-order chi connectivity index (χ0) is 15.5. The predicted molar refractivity (Wildman–Crippen MR) is 74.6 cm³/mol. The smallest absolute Gasteiger partial charge is 0.406 e. The van der Waals surface area contributed by atoms with E-state index in [4.69, 9.17) is 12.8 Å². The van der Waals surface area contributed by atoms with Crippen molar-refractivity contribution in [3.63, 3.8) is 0 Å². The van der Waals surface area contributed by atoms with Crippen molar-refractivity contribution in [2.45, 2.75) is 12.9 Å². The van der Waals surface area contributed by atoms with E-state index in [1.807, 2.05) is 0 Å². The van der Waals surface area contributed by atoms with Gasteiger partial charge in [-0.05, 0) is 18.2 Å². The summed E-state index contributed by atoms with van der Waals surface area (Å²) in [4.78, 5) is 4.73. The van der Waals surface area contributed by atoms with Gasteiger partial charge in [0.2, 0.25) is 0 Å². The van der Waals surface area contributed by atoms with Gasteiger partial charge in [-0.15, -0.1) is 26.0 Å². The maximum Gasteiger partial charge on any atom is 0.573 e. The normalized spacial score (nSPS) is 12.1. The lowest BCUT2D eigenvalue weighted by atomic mass is 10.3. The standard InChI is InChI=1S/C14H9F3N2OS/c1-3-7-18-13-19(8-4-2)11-6-5-10(9-12(11)21-13)20-14(15,16)17/h1-2,5-6,9H,7-8H2. The van der Waals surface area contributed by atoms with Gasteiger partial charge in [0.25, 0.3) is 0 Å². The number of ether oxygens (including phenoxy) is 1. The van der Waals surface area contributed by atoms with Crippen molar-refractivity contribution in [2.24, 2.45) is 4.99 Å². The molecule has 0 fully saturated rings. The van der Waals surface area contributed by atoms with Crippen LogP contribution in [0, 0.1) is 24.7 Å². The summed E-state index contributed by atoms with van der Waals surface area (Å²) in [6.45, 7) is 0.423. The van der Waals surface area contributed by atoms with Gasteiger partial charge in [-0.1, -0.05) is 23.2 Å². The summed E-state index contributed by atoms with van der Waals surface area (Å²) >= 11 is 1.20. The second kappa shape index (κ2) is 5.94. The SMILES string of the molecule is C#CCN=c1sc2cc(OC(F)(F)F)ccc2n1CC#C. The molecular formula is C14H9F3N2OS. The van der Waals surface area contributed by atoms with E-state index in [0.29, 0.717) is 15.0 Å². The second-order valence-corrected chi connectivity index (χ2v) is 4.88. The predicted octanol–water partition coefficient (Wildman–Crippen LogP) is 2.77. The van der Waals surface area contributed by atoms with Gasteiger partial charge < -0.3 is 9.30 Å². The Bertz CT molecular complexity index is 803.